The van der Waals surface area contributed by atoms with E-state index in [2.05, 4.69) is 0 Å². The van der Waals surface area contributed by atoms with E-state index in [0.717, 1.165) is 19.3 Å². The third-order valence-electron chi connectivity index (χ3n) is 2.63. The minimum absolute atomic E-state index is 0.152. The highest BCUT2D eigenvalue weighted by Gasteiger charge is 2.15. The van der Waals surface area contributed by atoms with Crippen molar-refractivity contribution in [2.24, 2.45) is 5.73 Å². The fourth-order valence-corrected chi connectivity index (χ4v) is 1.85. The Morgan fingerprint density at radius 3 is 2.79 bits per heavy atom. The first-order valence-corrected chi connectivity index (χ1v) is 4.95. The molecule has 2 N–H and O–H groups in total. The highest BCUT2D eigenvalue weighted by Crippen LogP contribution is 2.25. The predicted molar refractivity (Wildman–Crippen MR) is 56.2 cm³/mol. The highest BCUT2D eigenvalue weighted by molar-refractivity contribution is 5.54. The van der Waals surface area contributed by atoms with Crippen LogP contribution < -0.4 is 5.73 Å². The van der Waals surface area contributed by atoms with Crippen molar-refractivity contribution in [3.8, 4) is 0 Å². The molecule has 1 atom stereocenters. The van der Waals surface area contributed by atoms with Crippen LogP contribution in [-0.2, 0) is 0 Å². The summed E-state index contributed by atoms with van der Waals surface area (Å²) >= 11 is 0. The Labute approximate surface area is 83.4 Å². The lowest BCUT2D eigenvalue weighted by atomic mass is 10.1. The first-order chi connectivity index (χ1) is 6.75. The van der Waals surface area contributed by atoms with Gasteiger partial charge in [-0.3, -0.25) is 0 Å². The zero-order chi connectivity index (χ0) is 9.97. The van der Waals surface area contributed by atoms with Crippen molar-refractivity contribution in [2.75, 3.05) is 0 Å². The van der Waals surface area contributed by atoms with Crippen LogP contribution in [0.1, 0.15) is 24.8 Å². The Morgan fingerprint density at radius 2 is 2.14 bits per heavy atom. The zero-order valence-electron chi connectivity index (χ0n) is 8.04. The van der Waals surface area contributed by atoms with Crippen LogP contribution in [0.15, 0.2) is 29.8 Å². The summed E-state index contributed by atoms with van der Waals surface area (Å²) in [5, 5.41) is 0. The first-order valence-electron chi connectivity index (χ1n) is 4.95. The van der Waals surface area contributed by atoms with Crippen LogP contribution in [-0.4, -0.2) is 6.04 Å². The van der Waals surface area contributed by atoms with Crippen LogP contribution in [0.4, 0.5) is 4.39 Å². The number of nitrogens with two attached hydrogens (primary N) is 1. The smallest absolute Gasteiger partial charge is 0.130 e. The number of hydrogen-bond donors (Lipinski definition) is 1. The number of halogens is 1. The van der Waals surface area contributed by atoms with E-state index in [4.69, 9.17) is 5.73 Å². The molecule has 1 aromatic carbocycles. The molecule has 1 aliphatic carbocycles. The topological polar surface area (TPSA) is 26.0 Å². The van der Waals surface area contributed by atoms with Gasteiger partial charge in [0.2, 0.25) is 0 Å². The van der Waals surface area contributed by atoms with Crippen LogP contribution in [0.25, 0.3) is 6.08 Å². The third kappa shape index (κ3) is 2.02. The van der Waals surface area contributed by atoms with Crippen molar-refractivity contribution in [2.45, 2.75) is 25.3 Å². The second-order valence-electron chi connectivity index (χ2n) is 3.83. The van der Waals surface area contributed by atoms with Crippen LogP contribution in [0, 0.1) is 5.82 Å². The molecule has 1 saturated carbocycles. The Bertz CT molecular complexity index is 357. The molecule has 1 aromatic rings. The van der Waals surface area contributed by atoms with Gasteiger partial charge in [0.15, 0.2) is 0 Å². The lowest BCUT2D eigenvalue weighted by Crippen LogP contribution is -2.13. The lowest BCUT2D eigenvalue weighted by molar-refractivity contribution is 0.625. The molecule has 2 rings (SSSR count). The standard InChI is InChI=1S/C12H14FN/c13-12-4-2-1-3-10(12)7-9-5-6-11(14)8-9/h1-4,7,11H,5-6,8,14H2/b9-7-. The summed E-state index contributed by atoms with van der Waals surface area (Å²) in [7, 11) is 0. The molecule has 1 fully saturated rings. The molecule has 1 nitrogen and oxygen atoms in total. The maximum Gasteiger partial charge on any atom is 0.130 e. The maximum absolute atomic E-state index is 13.3. The average Bonchev–Trinajstić information content (AvgIpc) is 2.56. The monoisotopic (exact) mass is 191 g/mol. The van der Waals surface area contributed by atoms with Crippen molar-refractivity contribution in [1.29, 1.82) is 0 Å². The second-order valence-corrected chi connectivity index (χ2v) is 3.83. The molecule has 0 bridgehead atoms. The van der Waals surface area contributed by atoms with Gasteiger partial charge in [0, 0.05) is 11.6 Å². The Morgan fingerprint density at radius 1 is 1.36 bits per heavy atom. The Hall–Kier alpha value is -1.15. The van der Waals surface area contributed by atoms with Gasteiger partial charge < -0.3 is 5.73 Å². The van der Waals surface area contributed by atoms with E-state index in [0.29, 0.717) is 5.56 Å². The molecule has 0 spiro atoms. The Kier molecular flexibility index (Phi) is 2.64. The van der Waals surface area contributed by atoms with E-state index >= 15 is 0 Å². The molecule has 14 heavy (non-hydrogen) atoms. The van der Waals surface area contributed by atoms with E-state index in [-0.39, 0.29) is 11.9 Å². The van der Waals surface area contributed by atoms with E-state index in [1.165, 1.54) is 11.6 Å². The minimum atomic E-state index is -0.152. The largest absolute Gasteiger partial charge is 0.327 e. The molecule has 0 heterocycles. The van der Waals surface area contributed by atoms with Crippen molar-refractivity contribution in [3.63, 3.8) is 0 Å². The molecule has 2 heteroatoms. The van der Waals surface area contributed by atoms with E-state index < -0.39 is 0 Å². The third-order valence-corrected chi connectivity index (χ3v) is 2.63. The van der Waals surface area contributed by atoms with Gasteiger partial charge in [-0.2, -0.15) is 0 Å². The van der Waals surface area contributed by atoms with Gasteiger partial charge in [-0.25, -0.2) is 4.39 Å². The second kappa shape index (κ2) is 3.93. The van der Waals surface area contributed by atoms with E-state index in [9.17, 15) is 4.39 Å². The number of hydrogen-bond acceptors (Lipinski definition) is 1. The SMILES string of the molecule is NC1CC/C(=C/c2ccccc2F)C1. The van der Waals surface area contributed by atoms with Crippen LogP contribution in [0.3, 0.4) is 0 Å². The van der Waals surface area contributed by atoms with Gasteiger partial charge >= 0.3 is 0 Å². The summed E-state index contributed by atoms with van der Waals surface area (Å²) in [5.74, 6) is -0.152. The Balaban J connectivity index is 2.21. The van der Waals surface area contributed by atoms with Gasteiger partial charge in [0.25, 0.3) is 0 Å². The summed E-state index contributed by atoms with van der Waals surface area (Å²) < 4.78 is 13.3. The fraction of sp³-hybridized carbons (Fsp3) is 0.333. The predicted octanol–water partition coefficient (Wildman–Crippen LogP) is 2.72. The van der Waals surface area contributed by atoms with Gasteiger partial charge in [0.1, 0.15) is 5.82 Å². The van der Waals surface area contributed by atoms with Gasteiger partial charge in [-0.05, 0) is 25.3 Å². The van der Waals surface area contributed by atoms with Crippen LogP contribution in [0.2, 0.25) is 0 Å². The quantitative estimate of drug-likeness (QED) is 0.725. The van der Waals surface area contributed by atoms with Gasteiger partial charge in [-0.15, -0.1) is 0 Å². The van der Waals surface area contributed by atoms with Crippen LogP contribution >= 0.6 is 0 Å². The van der Waals surface area contributed by atoms with E-state index in [1.807, 2.05) is 12.1 Å². The number of rotatable bonds is 1. The molecule has 1 unspecified atom stereocenters. The van der Waals surface area contributed by atoms with Crippen molar-refractivity contribution < 1.29 is 4.39 Å². The fourth-order valence-electron chi connectivity index (χ4n) is 1.85. The molecule has 0 saturated heterocycles. The maximum atomic E-state index is 13.3. The molecular formula is C12H14FN. The molecular weight excluding hydrogens is 177 g/mol. The molecule has 0 amide bonds. The number of benzene rings is 1. The molecule has 74 valence electrons. The summed E-state index contributed by atoms with van der Waals surface area (Å²) in [4.78, 5) is 0. The van der Waals surface area contributed by atoms with Gasteiger partial charge in [-0.1, -0.05) is 29.8 Å². The summed E-state index contributed by atoms with van der Waals surface area (Å²) in [6.45, 7) is 0. The first kappa shape index (κ1) is 9.41. The van der Waals surface area contributed by atoms with Crippen molar-refractivity contribution >= 4 is 6.08 Å². The highest BCUT2D eigenvalue weighted by atomic mass is 19.1. The summed E-state index contributed by atoms with van der Waals surface area (Å²) in [6.07, 6.45) is 4.88. The van der Waals surface area contributed by atoms with Crippen molar-refractivity contribution in [1.82, 2.24) is 0 Å². The van der Waals surface area contributed by atoms with Gasteiger partial charge in [0.05, 0.1) is 0 Å². The molecule has 0 radical (unpaired) electrons. The molecule has 1 aliphatic rings. The molecule has 0 aromatic heterocycles. The lowest BCUT2D eigenvalue weighted by Gasteiger charge is -1.99. The van der Waals surface area contributed by atoms with E-state index in [1.54, 1.807) is 12.1 Å². The minimum Gasteiger partial charge on any atom is -0.327 e. The van der Waals surface area contributed by atoms with Crippen molar-refractivity contribution in [3.05, 3.63) is 41.2 Å². The summed E-state index contributed by atoms with van der Waals surface area (Å²) in [5.41, 5.74) is 7.73. The average molecular weight is 191 g/mol. The molecule has 0 aliphatic heterocycles. The summed E-state index contributed by atoms with van der Waals surface area (Å²) in [6, 6.07) is 7.11. The normalized spacial score (nSPS) is 24.4. The zero-order valence-corrected chi connectivity index (χ0v) is 8.04. The van der Waals surface area contributed by atoms with Crippen LogP contribution in [0.5, 0.6) is 0 Å².